The van der Waals surface area contributed by atoms with Crippen molar-refractivity contribution in [2.75, 3.05) is 6.54 Å². The molecule has 1 saturated heterocycles. The molecule has 136 valence electrons. The van der Waals surface area contributed by atoms with Gasteiger partial charge in [-0.25, -0.2) is 8.78 Å². The molecule has 1 amide bonds. The van der Waals surface area contributed by atoms with Gasteiger partial charge in [-0.1, -0.05) is 23.2 Å². The molecule has 1 atom stereocenters. The molecule has 0 spiro atoms. The van der Waals surface area contributed by atoms with E-state index in [0.29, 0.717) is 0 Å². The highest BCUT2D eigenvalue weighted by Crippen LogP contribution is 2.33. The number of ether oxygens (including phenoxy) is 1. The van der Waals surface area contributed by atoms with E-state index in [4.69, 9.17) is 23.2 Å². The molecule has 0 bridgehead atoms. The number of rotatable bonds is 5. The zero-order valence-corrected chi connectivity index (χ0v) is 14.3. The van der Waals surface area contributed by atoms with E-state index >= 15 is 0 Å². The maximum absolute atomic E-state index is 13.1. The highest BCUT2D eigenvalue weighted by atomic mass is 35.5. The van der Waals surface area contributed by atoms with Crippen molar-refractivity contribution in [3.8, 4) is 5.75 Å². The average Bonchev–Trinajstić information content (AvgIpc) is 2.79. The lowest BCUT2D eigenvalue weighted by Gasteiger charge is -2.15. The van der Waals surface area contributed by atoms with Crippen molar-refractivity contribution in [3.63, 3.8) is 0 Å². The van der Waals surface area contributed by atoms with Crippen LogP contribution in [0.1, 0.15) is 12.0 Å². The summed E-state index contributed by atoms with van der Waals surface area (Å²) in [6.45, 7) is -3.95. The minimum absolute atomic E-state index is 0. The lowest BCUT2D eigenvalue weighted by molar-refractivity contribution is -0.123. The first-order valence-electron chi connectivity index (χ1n) is 6.49. The normalized spacial score (nSPS) is 19.0. The number of hydrogen-bond donors (Lipinski definition) is 2. The number of carbonyl (C=O) groups is 1. The maximum atomic E-state index is 13.1. The fourth-order valence-electron chi connectivity index (χ4n) is 2.17. The van der Waals surface area contributed by atoms with E-state index in [1.807, 2.05) is 0 Å². The van der Waals surface area contributed by atoms with E-state index in [1.54, 1.807) is 0 Å². The van der Waals surface area contributed by atoms with Gasteiger partial charge in [0.05, 0.1) is 17.6 Å². The molecular weight excluding hydrogens is 399 g/mol. The summed E-state index contributed by atoms with van der Waals surface area (Å²) in [4.78, 5) is 11.8. The zero-order chi connectivity index (χ0) is 17.2. The van der Waals surface area contributed by atoms with Gasteiger partial charge in [-0.3, -0.25) is 10.1 Å². The quantitative estimate of drug-likeness (QED) is 0.728. The Kier molecular flexibility index (Phi) is 7.40. The lowest BCUT2D eigenvalue weighted by Crippen LogP contribution is -2.40. The molecular formula is C13H13Cl3F4N2O2. The predicted molar refractivity (Wildman–Crippen MR) is 83.5 cm³/mol. The topological polar surface area (TPSA) is 50.4 Å². The smallest absolute Gasteiger partial charge is 0.387 e. The van der Waals surface area contributed by atoms with Crippen molar-refractivity contribution in [3.05, 3.63) is 27.7 Å². The largest absolute Gasteiger partial charge is 0.433 e. The first-order valence-corrected chi connectivity index (χ1v) is 7.25. The van der Waals surface area contributed by atoms with Gasteiger partial charge in [-0.2, -0.15) is 8.78 Å². The fourth-order valence-corrected chi connectivity index (χ4v) is 2.75. The Hall–Kier alpha value is -0.960. The Morgan fingerprint density at radius 2 is 2.08 bits per heavy atom. The second kappa shape index (κ2) is 8.42. The molecule has 1 aliphatic rings. The second-order valence-electron chi connectivity index (χ2n) is 4.97. The average molecular weight is 412 g/mol. The third-order valence-corrected chi connectivity index (χ3v) is 3.67. The van der Waals surface area contributed by atoms with Crippen LogP contribution in [0.4, 0.5) is 17.6 Å². The van der Waals surface area contributed by atoms with E-state index in [-0.39, 0.29) is 40.3 Å². The van der Waals surface area contributed by atoms with Gasteiger partial charge in [-0.15, -0.1) is 12.4 Å². The van der Waals surface area contributed by atoms with Crippen LogP contribution < -0.4 is 15.4 Å². The van der Waals surface area contributed by atoms with Crippen LogP contribution in [0.3, 0.4) is 0 Å². The number of amides is 1. The van der Waals surface area contributed by atoms with Crippen LogP contribution in [-0.4, -0.2) is 31.0 Å². The van der Waals surface area contributed by atoms with Crippen LogP contribution in [0.15, 0.2) is 12.1 Å². The van der Waals surface area contributed by atoms with E-state index in [0.717, 1.165) is 0 Å². The molecule has 11 heteroatoms. The highest BCUT2D eigenvalue weighted by Gasteiger charge is 2.42. The van der Waals surface area contributed by atoms with Crippen molar-refractivity contribution >= 4 is 41.5 Å². The number of benzene rings is 1. The molecule has 1 unspecified atom stereocenters. The van der Waals surface area contributed by atoms with Crippen molar-refractivity contribution in [1.29, 1.82) is 0 Å². The van der Waals surface area contributed by atoms with Gasteiger partial charge in [0.25, 0.3) is 5.92 Å². The standard InChI is InChI=1S/C13H12Cl2F4N2O2.ClH/c14-7-1-6(10(8(15)2-7)23-12(16)17)4-20-11(22)9-3-13(18,19)5-21-9;/h1-2,9,12,21H,3-5H2,(H,20,22);1H. The molecule has 1 aromatic carbocycles. The van der Waals surface area contributed by atoms with Crippen LogP contribution in [-0.2, 0) is 11.3 Å². The van der Waals surface area contributed by atoms with Gasteiger partial charge in [0, 0.05) is 23.6 Å². The van der Waals surface area contributed by atoms with Gasteiger partial charge in [0.15, 0.2) is 0 Å². The zero-order valence-electron chi connectivity index (χ0n) is 11.9. The summed E-state index contributed by atoms with van der Waals surface area (Å²) in [5, 5.41) is 4.77. The van der Waals surface area contributed by atoms with Crippen molar-refractivity contribution in [2.24, 2.45) is 0 Å². The molecule has 1 aliphatic heterocycles. The minimum Gasteiger partial charge on any atom is -0.433 e. The second-order valence-corrected chi connectivity index (χ2v) is 5.81. The van der Waals surface area contributed by atoms with E-state index < -0.39 is 37.4 Å². The summed E-state index contributed by atoms with van der Waals surface area (Å²) in [5.74, 6) is -3.96. The van der Waals surface area contributed by atoms with Gasteiger partial charge in [0.2, 0.25) is 5.91 Å². The van der Waals surface area contributed by atoms with Gasteiger partial charge >= 0.3 is 6.61 Å². The fraction of sp³-hybridized carbons (Fsp3) is 0.462. The van der Waals surface area contributed by atoms with Gasteiger partial charge in [0.1, 0.15) is 5.75 Å². The monoisotopic (exact) mass is 410 g/mol. The third kappa shape index (κ3) is 5.54. The number of alkyl halides is 4. The Morgan fingerprint density at radius 1 is 1.42 bits per heavy atom. The van der Waals surface area contributed by atoms with Crippen molar-refractivity contribution < 1.29 is 27.1 Å². The van der Waals surface area contributed by atoms with E-state index in [9.17, 15) is 22.4 Å². The Labute approximate surface area is 151 Å². The van der Waals surface area contributed by atoms with Crippen molar-refractivity contribution in [1.82, 2.24) is 10.6 Å². The SMILES string of the molecule is Cl.O=C(NCc1cc(Cl)cc(Cl)c1OC(F)F)C1CC(F)(F)CN1. The first kappa shape index (κ1) is 21.1. The number of nitrogens with one attached hydrogen (secondary N) is 2. The number of carbonyl (C=O) groups excluding carboxylic acids is 1. The Morgan fingerprint density at radius 3 is 2.62 bits per heavy atom. The lowest BCUT2D eigenvalue weighted by atomic mass is 10.1. The summed E-state index contributed by atoms with van der Waals surface area (Å²) in [6.07, 6.45) is -0.629. The van der Waals surface area contributed by atoms with E-state index in [1.165, 1.54) is 12.1 Å². The molecule has 0 aliphatic carbocycles. The molecule has 0 radical (unpaired) electrons. The van der Waals surface area contributed by atoms with Crippen molar-refractivity contribution in [2.45, 2.75) is 31.5 Å². The number of hydrogen-bond acceptors (Lipinski definition) is 3. The highest BCUT2D eigenvalue weighted by molar-refractivity contribution is 6.35. The molecule has 2 rings (SSSR count). The Bertz CT molecular complexity index is 605. The van der Waals surface area contributed by atoms with Crippen LogP contribution in [0, 0.1) is 0 Å². The maximum Gasteiger partial charge on any atom is 0.387 e. The molecule has 0 aromatic heterocycles. The predicted octanol–water partition coefficient (Wildman–Crippen LogP) is 3.63. The van der Waals surface area contributed by atoms with Crippen LogP contribution in [0.2, 0.25) is 10.0 Å². The van der Waals surface area contributed by atoms with Crippen LogP contribution in [0.5, 0.6) is 5.75 Å². The molecule has 0 saturated carbocycles. The summed E-state index contributed by atoms with van der Waals surface area (Å²) < 4.78 is 55.2. The Balaban J connectivity index is 0.00000288. The molecule has 1 heterocycles. The van der Waals surface area contributed by atoms with Gasteiger partial charge in [-0.05, 0) is 12.1 Å². The number of halogens is 7. The first-order chi connectivity index (χ1) is 10.7. The third-order valence-electron chi connectivity index (χ3n) is 3.17. The van der Waals surface area contributed by atoms with Gasteiger partial charge < -0.3 is 10.1 Å². The molecule has 2 N–H and O–H groups in total. The minimum atomic E-state index is -3.11. The summed E-state index contributed by atoms with van der Waals surface area (Å²) >= 11 is 11.6. The summed E-state index contributed by atoms with van der Waals surface area (Å²) in [7, 11) is 0. The van der Waals surface area contributed by atoms with Crippen LogP contribution in [0.25, 0.3) is 0 Å². The van der Waals surface area contributed by atoms with E-state index in [2.05, 4.69) is 15.4 Å². The summed E-state index contributed by atoms with van der Waals surface area (Å²) in [6, 6.07) is 1.45. The molecule has 1 fully saturated rings. The molecule has 1 aromatic rings. The summed E-state index contributed by atoms with van der Waals surface area (Å²) in [5.41, 5.74) is 0.112. The molecule has 24 heavy (non-hydrogen) atoms. The molecule has 4 nitrogen and oxygen atoms in total. The van der Waals surface area contributed by atoms with Crippen LogP contribution >= 0.6 is 35.6 Å².